The summed E-state index contributed by atoms with van der Waals surface area (Å²) < 4.78 is 94.1. The Labute approximate surface area is 221 Å². The fraction of sp³-hybridized carbons (Fsp3) is 0.308. The van der Waals surface area contributed by atoms with Crippen LogP contribution in [0.4, 0.5) is 23.2 Å². The van der Waals surface area contributed by atoms with Gasteiger partial charge in [-0.1, -0.05) is 26.0 Å². The molecule has 0 atom stereocenters. The van der Waals surface area contributed by atoms with Crippen LogP contribution in [0, 0.1) is 11.2 Å². The molecule has 13 heteroatoms. The molecule has 4 rings (SSSR count). The number of carboxylic acid groups (broad SMARTS) is 1. The van der Waals surface area contributed by atoms with Crippen molar-refractivity contribution in [2.24, 2.45) is 5.41 Å². The van der Waals surface area contributed by atoms with E-state index in [1.807, 2.05) is 10.8 Å². The Kier molecular flexibility index (Phi) is 7.23. The van der Waals surface area contributed by atoms with Crippen LogP contribution in [-0.2, 0) is 16.2 Å². The average Bonchev–Trinajstić information content (AvgIpc) is 3.34. The Morgan fingerprint density at radius 2 is 1.92 bits per heavy atom. The number of carboxylic acids is 1. The first-order valence-corrected chi connectivity index (χ1v) is 13.1. The first kappa shape index (κ1) is 28.1. The van der Waals surface area contributed by atoms with Gasteiger partial charge in [-0.2, -0.15) is 26.6 Å². The molecule has 2 N–H and O–H groups in total. The van der Waals surface area contributed by atoms with Crippen LogP contribution in [-0.4, -0.2) is 31.6 Å². The third kappa shape index (κ3) is 5.92. The first-order valence-electron chi connectivity index (χ1n) is 11.6. The molecule has 0 spiro atoms. The Hall–Kier alpha value is -3.87. The summed E-state index contributed by atoms with van der Waals surface area (Å²) in [5.74, 6) is -3.74. The number of methoxy groups -OCH3 is 1. The van der Waals surface area contributed by atoms with Gasteiger partial charge >= 0.3 is 12.1 Å². The number of alkyl halides is 3. The van der Waals surface area contributed by atoms with Gasteiger partial charge in [0.2, 0.25) is 10.9 Å². The molecule has 2 aromatic carbocycles. The van der Waals surface area contributed by atoms with Crippen LogP contribution in [0.25, 0.3) is 17.0 Å². The number of carbonyl (C=O) groups is 1. The zero-order valence-corrected chi connectivity index (χ0v) is 21.8. The minimum atomic E-state index is -4.79. The number of ether oxygens (including phenoxy) is 1. The van der Waals surface area contributed by atoms with Crippen LogP contribution >= 0.6 is 0 Å². The van der Waals surface area contributed by atoms with Crippen LogP contribution in [0.2, 0.25) is 0 Å². The van der Waals surface area contributed by atoms with Gasteiger partial charge in [-0.25, -0.2) is 9.18 Å². The van der Waals surface area contributed by atoms with Crippen molar-refractivity contribution in [3.63, 3.8) is 0 Å². The molecule has 39 heavy (non-hydrogen) atoms. The zero-order chi connectivity index (χ0) is 28.8. The maximum Gasteiger partial charge on any atom is 0.417 e. The van der Waals surface area contributed by atoms with E-state index in [0.717, 1.165) is 37.7 Å². The molecule has 1 heterocycles. The number of benzene rings is 2. The summed E-state index contributed by atoms with van der Waals surface area (Å²) in [6.45, 7) is 4.18. The molecule has 1 aliphatic carbocycles. The minimum absolute atomic E-state index is 0.0679. The maximum atomic E-state index is 14.2. The van der Waals surface area contributed by atoms with E-state index in [2.05, 4.69) is 18.8 Å². The second-order valence-corrected chi connectivity index (χ2v) is 11.4. The predicted molar refractivity (Wildman–Crippen MR) is 133 cm³/mol. The summed E-state index contributed by atoms with van der Waals surface area (Å²) in [7, 11) is -3.50. The molecule has 0 bridgehead atoms. The van der Waals surface area contributed by atoms with Crippen molar-refractivity contribution >= 4 is 27.3 Å². The van der Waals surface area contributed by atoms with Crippen molar-refractivity contribution in [1.29, 1.82) is 0 Å². The van der Waals surface area contributed by atoms with E-state index in [1.54, 1.807) is 0 Å². The molecule has 0 radical (unpaired) electrons. The topological polar surface area (TPSA) is 119 Å². The van der Waals surface area contributed by atoms with E-state index in [-0.39, 0.29) is 11.2 Å². The summed E-state index contributed by atoms with van der Waals surface area (Å²) in [6.07, 6.45) is -0.0422. The third-order valence-corrected chi connectivity index (χ3v) is 7.65. The lowest BCUT2D eigenvalue weighted by Crippen LogP contribution is -2.15. The number of hydrogen-bond acceptors (Lipinski definition) is 6. The second-order valence-electron chi connectivity index (χ2n) is 9.79. The highest BCUT2D eigenvalue weighted by Gasteiger charge is 2.36. The number of aromatic carboxylic acids is 1. The molecule has 3 aromatic rings. The number of hydrogen-bond donors (Lipinski definition) is 2. The molecule has 8 nitrogen and oxygen atoms in total. The van der Waals surface area contributed by atoms with E-state index >= 15 is 0 Å². The monoisotopic (exact) mass is 568 g/mol. The van der Waals surface area contributed by atoms with Gasteiger partial charge < -0.3 is 14.3 Å². The van der Waals surface area contributed by atoms with Crippen molar-refractivity contribution in [2.45, 2.75) is 44.3 Å². The fourth-order valence-corrected chi connectivity index (χ4v) is 5.10. The molecule has 0 fully saturated rings. The van der Waals surface area contributed by atoms with Gasteiger partial charge in [-0.05, 0) is 54.0 Å². The largest absolute Gasteiger partial charge is 0.495 e. The van der Waals surface area contributed by atoms with Crippen LogP contribution < -0.4 is 9.46 Å². The molecule has 1 aliphatic rings. The SMILES string of the molecule is COc1cc(C(=O)O)c(F)cc1NS(=O)(=O)c1coc(-c2ccc(C3=CCC(C)(C)CC3)cc2C(F)(F)F)n1. The van der Waals surface area contributed by atoms with E-state index in [0.29, 0.717) is 24.3 Å². The number of oxazole rings is 1. The Morgan fingerprint density at radius 3 is 2.51 bits per heavy atom. The number of nitrogens with one attached hydrogen (secondary N) is 1. The highest BCUT2D eigenvalue weighted by molar-refractivity contribution is 7.92. The molecule has 0 aliphatic heterocycles. The van der Waals surface area contributed by atoms with Gasteiger partial charge in [-0.3, -0.25) is 4.72 Å². The summed E-state index contributed by atoms with van der Waals surface area (Å²) in [6, 6.07) is 5.06. The predicted octanol–water partition coefficient (Wildman–Crippen LogP) is 6.60. The van der Waals surface area contributed by atoms with E-state index < -0.39 is 61.3 Å². The van der Waals surface area contributed by atoms with Gasteiger partial charge in [0.1, 0.15) is 17.8 Å². The van der Waals surface area contributed by atoms with Crippen LogP contribution in [0.1, 0.15) is 54.6 Å². The summed E-state index contributed by atoms with van der Waals surface area (Å²) >= 11 is 0. The van der Waals surface area contributed by atoms with Crippen molar-refractivity contribution in [3.05, 3.63) is 65.2 Å². The molecule has 0 unspecified atom stereocenters. The number of rotatable bonds is 7. The molecule has 0 saturated carbocycles. The van der Waals surface area contributed by atoms with Gasteiger partial charge in [0, 0.05) is 11.6 Å². The summed E-state index contributed by atoms with van der Waals surface area (Å²) in [4.78, 5) is 14.9. The second kappa shape index (κ2) is 10.0. The Morgan fingerprint density at radius 1 is 1.21 bits per heavy atom. The molecule has 0 saturated heterocycles. The lowest BCUT2D eigenvalue weighted by atomic mass is 9.77. The number of allylic oxidation sites excluding steroid dienone is 2. The smallest absolute Gasteiger partial charge is 0.417 e. The normalized spacial score (nSPS) is 15.5. The van der Waals surface area contributed by atoms with Crippen molar-refractivity contribution < 1.29 is 45.0 Å². The Bertz CT molecular complexity index is 1580. The van der Waals surface area contributed by atoms with Crippen LogP contribution in [0.15, 0.2) is 52.1 Å². The number of anilines is 1. The summed E-state index contributed by atoms with van der Waals surface area (Å²) in [5.41, 5.74) is -1.44. The minimum Gasteiger partial charge on any atom is -0.495 e. The number of sulfonamides is 1. The number of nitrogens with zero attached hydrogens (tertiary/aromatic N) is 1. The van der Waals surface area contributed by atoms with Crippen molar-refractivity contribution in [3.8, 4) is 17.2 Å². The van der Waals surface area contributed by atoms with E-state index in [4.69, 9.17) is 14.3 Å². The number of aromatic nitrogens is 1. The highest BCUT2D eigenvalue weighted by Crippen LogP contribution is 2.42. The van der Waals surface area contributed by atoms with Gasteiger partial charge in [0.25, 0.3) is 10.0 Å². The lowest BCUT2D eigenvalue weighted by Gasteiger charge is -2.29. The van der Waals surface area contributed by atoms with Crippen LogP contribution in [0.3, 0.4) is 0 Å². The molecule has 0 amide bonds. The zero-order valence-electron chi connectivity index (χ0n) is 21.0. The van der Waals surface area contributed by atoms with Gasteiger partial charge in [-0.15, -0.1) is 0 Å². The lowest BCUT2D eigenvalue weighted by molar-refractivity contribution is -0.137. The van der Waals surface area contributed by atoms with Crippen molar-refractivity contribution in [1.82, 2.24) is 4.98 Å². The highest BCUT2D eigenvalue weighted by atomic mass is 32.2. The average molecular weight is 569 g/mol. The quantitative estimate of drug-likeness (QED) is 0.308. The van der Waals surface area contributed by atoms with Gasteiger partial charge in [0.05, 0.1) is 23.9 Å². The number of halogens is 4. The maximum absolute atomic E-state index is 14.2. The standard InChI is InChI=1S/C26H24F4N2O6S/c1-25(2)8-6-14(7-9-25)15-4-5-16(18(10-15)26(28,29)30)23-31-22(13-38-23)39(35,36)32-20-12-19(27)17(24(33)34)11-21(20)37-3/h4-6,10-13,32H,7-9H2,1-3H3,(H,33,34). The summed E-state index contributed by atoms with van der Waals surface area (Å²) in [5, 5.41) is 8.27. The molecule has 1 aromatic heterocycles. The van der Waals surface area contributed by atoms with Crippen LogP contribution in [0.5, 0.6) is 5.75 Å². The van der Waals surface area contributed by atoms with E-state index in [9.17, 15) is 30.8 Å². The Balaban J connectivity index is 1.68. The van der Waals surface area contributed by atoms with E-state index in [1.165, 1.54) is 12.1 Å². The van der Waals surface area contributed by atoms with Gasteiger partial charge in [0.15, 0.2) is 0 Å². The van der Waals surface area contributed by atoms with Crippen molar-refractivity contribution in [2.75, 3.05) is 11.8 Å². The molecular weight excluding hydrogens is 544 g/mol. The third-order valence-electron chi connectivity index (χ3n) is 6.42. The first-order chi connectivity index (χ1) is 18.1. The molecule has 208 valence electrons. The molecular formula is C26H24F4N2O6S. The fourth-order valence-electron chi connectivity index (χ4n) is 4.17.